The van der Waals surface area contributed by atoms with Crippen LogP contribution in [0.5, 0.6) is 17.2 Å². The normalized spacial score (nSPS) is 12.8. The van der Waals surface area contributed by atoms with Crippen molar-refractivity contribution in [2.45, 2.75) is 32.9 Å². The number of hydrogen-bond acceptors (Lipinski definition) is 6. The van der Waals surface area contributed by atoms with E-state index in [4.69, 9.17) is 14.2 Å². The summed E-state index contributed by atoms with van der Waals surface area (Å²) in [5.74, 6) is 1.57. The number of rotatable bonds is 8. The van der Waals surface area contributed by atoms with E-state index in [0.29, 0.717) is 41.4 Å². The molecule has 0 aliphatic carbocycles. The van der Waals surface area contributed by atoms with Crippen molar-refractivity contribution in [2.24, 2.45) is 0 Å². The summed E-state index contributed by atoms with van der Waals surface area (Å²) < 4.78 is 17.2. The average Bonchev–Trinajstić information content (AvgIpc) is 3.56. The molecule has 9 heteroatoms. The van der Waals surface area contributed by atoms with Gasteiger partial charge < -0.3 is 29.6 Å². The third-order valence-electron chi connectivity index (χ3n) is 7.74. The Morgan fingerprint density at radius 2 is 1.85 bits per heavy atom. The molecule has 41 heavy (non-hydrogen) atoms. The molecule has 4 N–H and O–H groups in total. The van der Waals surface area contributed by atoms with Gasteiger partial charge in [-0.15, -0.1) is 0 Å². The number of aliphatic hydroxyl groups excluding tert-OH is 1. The van der Waals surface area contributed by atoms with Crippen molar-refractivity contribution in [1.82, 2.24) is 20.5 Å². The molecule has 0 bridgehead atoms. The molecule has 2 aromatic heterocycles. The van der Waals surface area contributed by atoms with E-state index in [0.717, 1.165) is 50.1 Å². The molecular weight excluding hydrogens is 520 g/mol. The number of benzene rings is 3. The maximum absolute atomic E-state index is 14.0. The number of nitrogens with one attached hydrogen (secondary N) is 3. The Morgan fingerprint density at radius 3 is 2.59 bits per heavy atom. The van der Waals surface area contributed by atoms with E-state index < -0.39 is 6.04 Å². The molecule has 5 aromatic rings. The topological polar surface area (TPSA) is 121 Å². The van der Waals surface area contributed by atoms with E-state index in [9.17, 15) is 9.90 Å². The van der Waals surface area contributed by atoms with E-state index in [1.165, 1.54) is 0 Å². The van der Waals surface area contributed by atoms with Crippen molar-refractivity contribution in [1.29, 1.82) is 0 Å². The lowest BCUT2D eigenvalue weighted by Gasteiger charge is -2.25. The van der Waals surface area contributed by atoms with Crippen molar-refractivity contribution in [3.05, 3.63) is 82.8 Å². The molecule has 0 saturated heterocycles. The van der Waals surface area contributed by atoms with Crippen LogP contribution in [-0.2, 0) is 13.0 Å². The van der Waals surface area contributed by atoms with Crippen LogP contribution in [0.25, 0.3) is 33.2 Å². The smallest absolute Gasteiger partial charge is 0.252 e. The molecular formula is C32H32N4O5. The van der Waals surface area contributed by atoms with Crippen LogP contribution in [0.4, 0.5) is 0 Å². The van der Waals surface area contributed by atoms with Crippen LogP contribution in [0.1, 0.15) is 32.9 Å². The Bertz CT molecular complexity index is 1750. The zero-order valence-corrected chi connectivity index (χ0v) is 23.4. The average molecular weight is 553 g/mol. The van der Waals surface area contributed by atoms with Gasteiger partial charge >= 0.3 is 0 Å². The molecule has 0 fully saturated rings. The lowest BCUT2D eigenvalue weighted by molar-refractivity contribution is 0.0917. The van der Waals surface area contributed by atoms with Gasteiger partial charge in [0.2, 0.25) is 0 Å². The molecule has 6 rings (SSSR count). The van der Waals surface area contributed by atoms with Gasteiger partial charge in [-0.05, 0) is 61.7 Å². The molecule has 1 aliphatic heterocycles. The van der Waals surface area contributed by atoms with Gasteiger partial charge in [-0.3, -0.25) is 9.89 Å². The second-order valence-corrected chi connectivity index (χ2v) is 10.3. The van der Waals surface area contributed by atoms with Gasteiger partial charge in [-0.1, -0.05) is 18.2 Å². The fourth-order valence-corrected chi connectivity index (χ4v) is 5.69. The van der Waals surface area contributed by atoms with Crippen LogP contribution in [0, 0.1) is 13.8 Å². The number of para-hydroxylation sites is 1. The number of carbonyl (C=O) groups excluding carboxylic acids is 1. The molecule has 0 spiro atoms. The summed E-state index contributed by atoms with van der Waals surface area (Å²) in [5.41, 5.74) is 8.27. The highest BCUT2D eigenvalue weighted by Crippen LogP contribution is 2.46. The molecule has 3 aromatic carbocycles. The third kappa shape index (κ3) is 4.68. The standard InChI is InChI=1S/C32H32N4O5/c1-17-31(18(2)36-35-17)25-13-28-24(23-12-30(40-4)29(39-3)10-20(23)16-41-28)11-26(25)32(38)34-21(15-37)9-19-14-33-27-8-6-5-7-22(19)27/h5-8,10-14,21,33,37H,9,15-16H2,1-4H3,(H,34,38)(H,35,36)/t21-/m1/s1. The molecule has 9 nitrogen and oxygen atoms in total. The van der Waals surface area contributed by atoms with Gasteiger partial charge in [0.25, 0.3) is 5.91 Å². The van der Waals surface area contributed by atoms with Crippen LogP contribution in [0.15, 0.2) is 54.7 Å². The monoisotopic (exact) mass is 552 g/mol. The highest BCUT2D eigenvalue weighted by molar-refractivity contribution is 6.04. The molecule has 0 radical (unpaired) electrons. The number of amides is 1. The predicted octanol–water partition coefficient (Wildman–Crippen LogP) is 5.08. The molecule has 1 aliphatic rings. The van der Waals surface area contributed by atoms with E-state index >= 15 is 0 Å². The van der Waals surface area contributed by atoms with E-state index in [1.807, 2.05) is 68.6 Å². The maximum Gasteiger partial charge on any atom is 0.252 e. The van der Waals surface area contributed by atoms with Crippen molar-refractivity contribution in [3.8, 4) is 39.5 Å². The molecule has 0 unspecified atom stereocenters. The lowest BCUT2D eigenvalue weighted by atomic mass is 9.89. The van der Waals surface area contributed by atoms with Crippen LogP contribution in [0.3, 0.4) is 0 Å². The van der Waals surface area contributed by atoms with E-state index in [-0.39, 0.29) is 12.5 Å². The Kier molecular flexibility index (Phi) is 6.88. The Labute approximate surface area is 237 Å². The van der Waals surface area contributed by atoms with Gasteiger partial charge in [0.05, 0.1) is 32.6 Å². The van der Waals surface area contributed by atoms with Crippen LogP contribution in [-0.4, -0.2) is 53.1 Å². The first-order chi connectivity index (χ1) is 19.9. The van der Waals surface area contributed by atoms with Gasteiger partial charge in [-0.2, -0.15) is 5.10 Å². The number of aromatic amines is 2. The summed E-state index contributed by atoms with van der Waals surface area (Å²) in [7, 11) is 3.19. The summed E-state index contributed by atoms with van der Waals surface area (Å²) in [6, 6.07) is 15.1. The lowest BCUT2D eigenvalue weighted by Crippen LogP contribution is -2.39. The number of carbonyl (C=O) groups is 1. The third-order valence-corrected chi connectivity index (χ3v) is 7.74. The molecule has 0 saturated carbocycles. The summed E-state index contributed by atoms with van der Waals surface area (Å²) in [4.78, 5) is 17.3. The number of aryl methyl sites for hydroxylation is 2. The fraction of sp³-hybridized carbons (Fsp3) is 0.250. The number of ether oxygens (including phenoxy) is 3. The number of aromatic nitrogens is 3. The number of H-pyrrole nitrogens is 2. The summed E-state index contributed by atoms with van der Waals surface area (Å²) in [6.45, 7) is 3.98. The number of fused-ring (bicyclic) bond motifs is 4. The van der Waals surface area contributed by atoms with Crippen molar-refractivity contribution in [3.63, 3.8) is 0 Å². The Hall–Kier alpha value is -4.76. The summed E-state index contributed by atoms with van der Waals surface area (Å²) in [5, 5.41) is 21.8. The summed E-state index contributed by atoms with van der Waals surface area (Å²) >= 11 is 0. The first-order valence-electron chi connectivity index (χ1n) is 13.5. The number of nitrogens with zero attached hydrogens (tertiary/aromatic N) is 1. The highest BCUT2D eigenvalue weighted by atomic mass is 16.5. The Morgan fingerprint density at radius 1 is 1.07 bits per heavy atom. The van der Waals surface area contributed by atoms with Crippen LogP contribution in [0.2, 0.25) is 0 Å². The van der Waals surface area contributed by atoms with Crippen LogP contribution >= 0.6 is 0 Å². The van der Waals surface area contributed by atoms with Crippen LogP contribution < -0.4 is 19.5 Å². The van der Waals surface area contributed by atoms with E-state index in [1.54, 1.807) is 14.2 Å². The number of methoxy groups -OCH3 is 2. The summed E-state index contributed by atoms with van der Waals surface area (Å²) in [6.07, 6.45) is 2.40. The molecule has 1 atom stereocenters. The quantitative estimate of drug-likeness (QED) is 0.213. The maximum atomic E-state index is 14.0. The van der Waals surface area contributed by atoms with Gasteiger partial charge in [-0.25, -0.2) is 0 Å². The first kappa shape index (κ1) is 26.5. The zero-order chi connectivity index (χ0) is 28.7. The minimum Gasteiger partial charge on any atom is -0.493 e. The number of aliphatic hydroxyl groups is 1. The van der Waals surface area contributed by atoms with Gasteiger partial charge in [0.1, 0.15) is 12.4 Å². The van der Waals surface area contributed by atoms with E-state index in [2.05, 4.69) is 20.5 Å². The first-order valence-corrected chi connectivity index (χ1v) is 13.5. The Balaban J connectivity index is 1.43. The van der Waals surface area contributed by atoms with Gasteiger partial charge in [0.15, 0.2) is 11.5 Å². The minimum atomic E-state index is -0.495. The zero-order valence-electron chi connectivity index (χ0n) is 23.4. The fourth-order valence-electron chi connectivity index (χ4n) is 5.69. The SMILES string of the molecule is COc1cc2c(cc1OC)-c1cc(C(=O)N[C@@H](CO)Cc3c[nH]c4ccccc34)c(-c3c(C)n[nH]c3C)cc1OC2. The molecule has 210 valence electrons. The highest BCUT2D eigenvalue weighted by Gasteiger charge is 2.27. The minimum absolute atomic E-state index is 0.210. The largest absolute Gasteiger partial charge is 0.493 e. The van der Waals surface area contributed by atoms with Crippen molar-refractivity contribution in [2.75, 3.05) is 20.8 Å². The van der Waals surface area contributed by atoms with Crippen molar-refractivity contribution >= 4 is 16.8 Å². The second-order valence-electron chi connectivity index (χ2n) is 10.3. The second kappa shape index (κ2) is 10.7. The molecule has 1 amide bonds. The van der Waals surface area contributed by atoms with Gasteiger partial charge in [0, 0.05) is 50.6 Å². The predicted molar refractivity (Wildman–Crippen MR) is 157 cm³/mol. The van der Waals surface area contributed by atoms with Crippen molar-refractivity contribution < 1.29 is 24.1 Å². The molecule has 3 heterocycles. The number of hydrogen-bond donors (Lipinski definition) is 4.